The van der Waals surface area contributed by atoms with E-state index in [1.807, 2.05) is 0 Å². The van der Waals surface area contributed by atoms with Gasteiger partial charge in [0, 0.05) is 5.54 Å². The Morgan fingerprint density at radius 1 is 1.31 bits per heavy atom. The summed E-state index contributed by atoms with van der Waals surface area (Å²) in [7, 11) is 0. The zero-order chi connectivity index (χ0) is 10.1. The highest BCUT2D eigenvalue weighted by molar-refractivity contribution is 4.92. The van der Waals surface area contributed by atoms with Crippen molar-refractivity contribution in [2.45, 2.75) is 58.9 Å². The SMILES string of the molecule is CC1CCCC(C(C)(N)C(C)C)C1. The molecule has 0 saturated heterocycles. The molecular weight excluding hydrogens is 158 g/mol. The fourth-order valence-electron chi connectivity index (χ4n) is 2.47. The maximum absolute atomic E-state index is 6.40. The van der Waals surface area contributed by atoms with Crippen LogP contribution in [0.15, 0.2) is 0 Å². The second-order valence-electron chi connectivity index (χ2n) is 5.49. The first-order valence-corrected chi connectivity index (χ1v) is 5.73. The van der Waals surface area contributed by atoms with Crippen LogP contribution in [-0.2, 0) is 0 Å². The quantitative estimate of drug-likeness (QED) is 0.699. The lowest BCUT2D eigenvalue weighted by Gasteiger charge is -2.41. The maximum Gasteiger partial charge on any atom is 0.0177 e. The number of hydrogen-bond donors (Lipinski definition) is 1. The molecule has 3 atom stereocenters. The Labute approximate surface area is 83.1 Å². The molecule has 1 rings (SSSR count). The van der Waals surface area contributed by atoms with Gasteiger partial charge in [-0.3, -0.25) is 0 Å². The molecule has 13 heavy (non-hydrogen) atoms. The van der Waals surface area contributed by atoms with E-state index in [9.17, 15) is 0 Å². The minimum Gasteiger partial charge on any atom is -0.325 e. The van der Waals surface area contributed by atoms with E-state index in [1.54, 1.807) is 0 Å². The molecule has 1 fully saturated rings. The molecule has 0 aliphatic heterocycles. The van der Waals surface area contributed by atoms with E-state index in [1.165, 1.54) is 25.7 Å². The molecule has 0 radical (unpaired) electrons. The molecule has 2 N–H and O–H groups in total. The molecule has 0 heterocycles. The normalized spacial score (nSPS) is 34.6. The van der Waals surface area contributed by atoms with Gasteiger partial charge in [-0.15, -0.1) is 0 Å². The average Bonchev–Trinajstić information content (AvgIpc) is 2.04. The fraction of sp³-hybridized carbons (Fsp3) is 1.00. The Morgan fingerprint density at radius 2 is 1.92 bits per heavy atom. The largest absolute Gasteiger partial charge is 0.325 e. The predicted octanol–water partition coefficient (Wildman–Crippen LogP) is 3.19. The zero-order valence-corrected chi connectivity index (χ0v) is 9.64. The zero-order valence-electron chi connectivity index (χ0n) is 9.64. The Hall–Kier alpha value is -0.0400. The monoisotopic (exact) mass is 183 g/mol. The van der Waals surface area contributed by atoms with Crippen LogP contribution in [0.4, 0.5) is 0 Å². The van der Waals surface area contributed by atoms with Crippen LogP contribution in [0.3, 0.4) is 0 Å². The summed E-state index contributed by atoms with van der Waals surface area (Å²) < 4.78 is 0. The van der Waals surface area contributed by atoms with Crippen LogP contribution in [0.1, 0.15) is 53.4 Å². The third-order valence-electron chi connectivity index (χ3n) is 4.06. The van der Waals surface area contributed by atoms with Crippen molar-refractivity contribution in [2.24, 2.45) is 23.5 Å². The van der Waals surface area contributed by atoms with Crippen LogP contribution in [-0.4, -0.2) is 5.54 Å². The molecule has 1 aliphatic rings. The van der Waals surface area contributed by atoms with Gasteiger partial charge >= 0.3 is 0 Å². The van der Waals surface area contributed by atoms with Crippen LogP contribution in [0.25, 0.3) is 0 Å². The van der Waals surface area contributed by atoms with Gasteiger partial charge < -0.3 is 5.73 Å². The Bertz CT molecular complexity index is 161. The highest BCUT2D eigenvalue weighted by Crippen LogP contribution is 2.37. The van der Waals surface area contributed by atoms with Crippen LogP contribution in [0, 0.1) is 17.8 Å². The van der Waals surface area contributed by atoms with E-state index in [0.29, 0.717) is 5.92 Å². The first-order valence-electron chi connectivity index (χ1n) is 5.73. The first-order chi connectivity index (χ1) is 5.94. The Morgan fingerprint density at radius 3 is 2.38 bits per heavy atom. The molecule has 0 aromatic rings. The van der Waals surface area contributed by atoms with Crippen molar-refractivity contribution in [3.63, 3.8) is 0 Å². The van der Waals surface area contributed by atoms with E-state index in [2.05, 4.69) is 27.7 Å². The predicted molar refractivity (Wildman–Crippen MR) is 58.6 cm³/mol. The fourth-order valence-corrected chi connectivity index (χ4v) is 2.47. The van der Waals surface area contributed by atoms with Crippen molar-refractivity contribution in [1.82, 2.24) is 0 Å². The van der Waals surface area contributed by atoms with Gasteiger partial charge in [0.15, 0.2) is 0 Å². The van der Waals surface area contributed by atoms with Gasteiger partial charge in [0.25, 0.3) is 0 Å². The van der Waals surface area contributed by atoms with E-state index in [0.717, 1.165) is 11.8 Å². The van der Waals surface area contributed by atoms with Crippen LogP contribution in [0.2, 0.25) is 0 Å². The second-order valence-corrected chi connectivity index (χ2v) is 5.49. The van der Waals surface area contributed by atoms with Gasteiger partial charge in [0.1, 0.15) is 0 Å². The topological polar surface area (TPSA) is 26.0 Å². The summed E-state index contributed by atoms with van der Waals surface area (Å²) in [5.74, 6) is 2.24. The van der Waals surface area contributed by atoms with Gasteiger partial charge in [-0.25, -0.2) is 0 Å². The van der Waals surface area contributed by atoms with Crippen LogP contribution < -0.4 is 5.73 Å². The molecule has 0 bridgehead atoms. The van der Waals surface area contributed by atoms with Crippen LogP contribution in [0.5, 0.6) is 0 Å². The molecule has 0 aromatic heterocycles. The number of nitrogens with two attached hydrogens (primary N) is 1. The van der Waals surface area contributed by atoms with Gasteiger partial charge in [0.2, 0.25) is 0 Å². The minimum atomic E-state index is 0.0503. The van der Waals surface area contributed by atoms with Crippen molar-refractivity contribution in [3.05, 3.63) is 0 Å². The number of hydrogen-bond acceptors (Lipinski definition) is 1. The molecule has 1 aliphatic carbocycles. The van der Waals surface area contributed by atoms with Crippen molar-refractivity contribution >= 4 is 0 Å². The van der Waals surface area contributed by atoms with Crippen molar-refractivity contribution in [3.8, 4) is 0 Å². The lowest BCUT2D eigenvalue weighted by Crippen LogP contribution is -2.50. The first kappa shape index (κ1) is 11.0. The summed E-state index contributed by atoms with van der Waals surface area (Å²) in [4.78, 5) is 0. The van der Waals surface area contributed by atoms with E-state index >= 15 is 0 Å². The molecule has 78 valence electrons. The van der Waals surface area contributed by atoms with Gasteiger partial charge in [0.05, 0.1) is 0 Å². The smallest absolute Gasteiger partial charge is 0.0177 e. The maximum atomic E-state index is 6.40. The lowest BCUT2D eigenvalue weighted by molar-refractivity contribution is 0.144. The summed E-state index contributed by atoms with van der Waals surface area (Å²) in [6, 6.07) is 0. The molecule has 0 spiro atoms. The van der Waals surface area contributed by atoms with Crippen molar-refractivity contribution in [2.75, 3.05) is 0 Å². The van der Waals surface area contributed by atoms with Crippen molar-refractivity contribution < 1.29 is 0 Å². The molecule has 0 aromatic carbocycles. The molecule has 1 heteroatoms. The molecule has 0 amide bonds. The lowest BCUT2D eigenvalue weighted by atomic mass is 9.68. The highest BCUT2D eigenvalue weighted by atomic mass is 14.8. The third kappa shape index (κ3) is 2.46. The standard InChI is InChI=1S/C12H25N/c1-9(2)12(4,13)11-7-5-6-10(3)8-11/h9-11H,5-8,13H2,1-4H3. The second kappa shape index (κ2) is 4.00. The summed E-state index contributed by atoms with van der Waals surface area (Å²) in [5, 5.41) is 0. The molecular formula is C12H25N. The van der Waals surface area contributed by atoms with Gasteiger partial charge in [-0.1, -0.05) is 33.6 Å². The molecule has 1 nitrogen and oxygen atoms in total. The highest BCUT2D eigenvalue weighted by Gasteiger charge is 2.35. The third-order valence-corrected chi connectivity index (χ3v) is 4.06. The van der Waals surface area contributed by atoms with E-state index in [4.69, 9.17) is 5.73 Å². The van der Waals surface area contributed by atoms with Gasteiger partial charge in [-0.2, -0.15) is 0 Å². The van der Waals surface area contributed by atoms with E-state index < -0.39 is 0 Å². The summed E-state index contributed by atoms with van der Waals surface area (Å²) in [6.07, 6.45) is 5.47. The average molecular weight is 183 g/mol. The summed E-state index contributed by atoms with van der Waals surface area (Å²) in [5.41, 5.74) is 6.45. The van der Waals surface area contributed by atoms with Gasteiger partial charge in [-0.05, 0) is 37.5 Å². The number of rotatable bonds is 2. The summed E-state index contributed by atoms with van der Waals surface area (Å²) >= 11 is 0. The Balaban J connectivity index is 2.59. The van der Waals surface area contributed by atoms with Crippen molar-refractivity contribution in [1.29, 1.82) is 0 Å². The van der Waals surface area contributed by atoms with Crippen LogP contribution >= 0.6 is 0 Å². The Kier molecular flexibility index (Phi) is 3.39. The minimum absolute atomic E-state index is 0.0503. The molecule has 1 saturated carbocycles. The van der Waals surface area contributed by atoms with E-state index in [-0.39, 0.29) is 5.54 Å². The molecule has 3 unspecified atom stereocenters. The summed E-state index contributed by atoms with van der Waals surface area (Å²) in [6.45, 7) is 9.10.